The molecule has 9 heteroatoms. The van der Waals surface area contributed by atoms with Crippen LogP contribution in [0.4, 0.5) is 0 Å². The number of ether oxygens (including phenoxy) is 1. The van der Waals surface area contributed by atoms with Crippen LogP contribution in [0.2, 0.25) is 0 Å². The number of methoxy groups -OCH3 is 1. The van der Waals surface area contributed by atoms with Crippen LogP contribution in [0.15, 0.2) is 36.8 Å². The van der Waals surface area contributed by atoms with Crippen molar-refractivity contribution in [3.8, 4) is 5.75 Å². The predicted octanol–water partition coefficient (Wildman–Crippen LogP) is 0.898. The van der Waals surface area contributed by atoms with Gasteiger partial charge >= 0.3 is 0 Å². The molecule has 2 aromatic rings. The topological polar surface area (TPSA) is 108 Å². The summed E-state index contributed by atoms with van der Waals surface area (Å²) in [6.45, 7) is 2.45. The summed E-state index contributed by atoms with van der Waals surface area (Å²) in [5.41, 5.74) is 1.84. The number of carbonyl (C=O) groups is 3. The molecule has 0 unspecified atom stereocenters. The molecular formula is C22H27N5O4. The van der Waals surface area contributed by atoms with Gasteiger partial charge in [0.2, 0.25) is 17.7 Å². The van der Waals surface area contributed by atoms with Gasteiger partial charge in [-0.15, -0.1) is 0 Å². The molecule has 164 valence electrons. The number of benzene rings is 1. The minimum absolute atomic E-state index is 0.0483. The van der Waals surface area contributed by atoms with E-state index in [2.05, 4.69) is 15.3 Å². The van der Waals surface area contributed by atoms with Crippen LogP contribution in [0.25, 0.3) is 0 Å². The molecule has 0 bridgehead atoms. The number of aromatic amines is 1. The Hall–Kier alpha value is -3.36. The molecule has 3 heterocycles. The van der Waals surface area contributed by atoms with Crippen LogP contribution >= 0.6 is 0 Å². The molecule has 0 spiro atoms. The van der Waals surface area contributed by atoms with Crippen LogP contribution in [0.1, 0.15) is 30.6 Å². The highest BCUT2D eigenvalue weighted by Gasteiger charge is 2.50. The second-order valence-corrected chi connectivity index (χ2v) is 8.03. The van der Waals surface area contributed by atoms with Gasteiger partial charge in [-0.3, -0.25) is 14.4 Å². The van der Waals surface area contributed by atoms with E-state index >= 15 is 0 Å². The Morgan fingerprint density at radius 3 is 2.71 bits per heavy atom. The quantitative estimate of drug-likeness (QED) is 0.715. The summed E-state index contributed by atoms with van der Waals surface area (Å²) in [4.78, 5) is 48.4. The third-order valence-electron chi connectivity index (χ3n) is 6.13. The number of H-pyrrole nitrogens is 1. The lowest BCUT2D eigenvalue weighted by Crippen LogP contribution is -2.55. The molecule has 2 fully saturated rings. The molecule has 3 atom stereocenters. The van der Waals surface area contributed by atoms with Crippen molar-refractivity contribution in [1.29, 1.82) is 0 Å². The number of hydrogen-bond acceptors (Lipinski definition) is 5. The third-order valence-corrected chi connectivity index (χ3v) is 6.13. The summed E-state index contributed by atoms with van der Waals surface area (Å²) in [5, 5.41) is 3.01. The Kier molecular flexibility index (Phi) is 5.92. The van der Waals surface area contributed by atoms with Gasteiger partial charge in [0.25, 0.3) is 0 Å². The van der Waals surface area contributed by atoms with Gasteiger partial charge in [0, 0.05) is 38.3 Å². The van der Waals surface area contributed by atoms with Crippen LogP contribution in [-0.4, -0.2) is 70.3 Å². The molecule has 9 nitrogen and oxygen atoms in total. The van der Waals surface area contributed by atoms with Crippen molar-refractivity contribution in [2.24, 2.45) is 5.92 Å². The zero-order valence-electron chi connectivity index (χ0n) is 17.7. The average Bonchev–Trinajstić information content (AvgIpc) is 3.41. The highest BCUT2D eigenvalue weighted by Crippen LogP contribution is 2.43. The fourth-order valence-corrected chi connectivity index (χ4v) is 4.60. The highest BCUT2D eigenvalue weighted by atomic mass is 16.5. The van der Waals surface area contributed by atoms with Crippen molar-refractivity contribution in [1.82, 2.24) is 25.1 Å². The number of aromatic nitrogens is 2. The Balaban J connectivity index is 1.55. The number of hydrogen-bond donors (Lipinski definition) is 2. The summed E-state index contributed by atoms with van der Waals surface area (Å²) in [7, 11) is 1.60. The smallest absolute Gasteiger partial charge is 0.243 e. The van der Waals surface area contributed by atoms with E-state index in [-0.39, 0.29) is 36.3 Å². The molecule has 31 heavy (non-hydrogen) atoms. The monoisotopic (exact) mass is 425 g/mol. The predicted molar refractivity (Wildman–Crippen MR) is 112 cm³/mol. The number of rotatable bonds is 6. The summed E-state index contributed by atoms with van der Waals surface area (Å²) >= 11 is 0. The lowest BCUT2D eigenvalue weighted by atomic mass is 9.92. The first-order chi connectivity index (χ1) is 15.0. The molecule has 1 aromatic carbocycles. The zero-order valence-corrected chi connectivity index (χ0v) is 17.7. The number of piperazine rings is 1. The van der Waals surface area contributed by atoms with Gasteiger partial charge in [0.1, 0.15) is 5.75 Å². The van der Waals surface area contributed by atoms with Gasteiger partial charge in [-0.2, -0.15) is 0 Å². The molecule has 2 saturated heterocycles. The lowest BCUT2D eigenvalue weighted by molar-refractivity contribution is -0.148. The maximum Gasteiger partial charge on any atom is 0.243 e. The fourth-order valence-electron chi connectivity index (χ4n) is 4.60. The Labute approximate surface area is 180 Å². The SMILES string of the molecule is COc1ccc([C@H]2[C@@H](C(=O)NCCc3cnc[nH]3)C[C@H]3CN(C(C)=O)CC(=O)N32)cc1. The zero-order chi connectivity index (χ0) is 22.0. The summed E-state index contributed by atoms with van der Waals surface area (Å²) < 4.78 is 5.25. The van der Waals surface area contributed by atoms with Crippen molar-refractivity contribution in [2.75, 3.05) is 26.7 Å². The number of carbonyl (C=O) groups excluding carboxylic acids is 3. The van der Waals surface area contributed by atoms with E-state index in [1.54, 1.807) is 29.4 Å². The number of imidazole rings is 1. The van der Waals surface area contributed by atoms with Crippen LogP contribution in [0.5, 0.6) is 5.75 Å². The first-order valence-electron chi connectivity index (χ1n) is 10.4. The number of fused-ring (bicyclic) bond motifs is 1. The van der Waals surface area contributed by atoms with E-state index in [9.17, 15) is 14.4 Å². The standard InChI is InChI=1S/C22H27N5O4/c1-14(28)26-11-17-9-19(22(30)24-8-7-16-10-23-13-25-16)21(27(17)20(29)12-26)15-3-5-18(31-2)6-4-15/h3-6,10,13,17,19,21H,7-9,11-12H2,1-2H3,(H,23,25)(H,24,30)/t17-,19-,21-/m0/s1. The normalized spacial score (nSPS) is 22.9. The van der Waals surface area contributed by atoms with Crippen molar-refractivity contribution in [3.63, 3.8) is 0 Å². The van der Waals surface area contributed by atoms with E-state index in [1.807, 2.05) is 24.3 Å². The van der Waals surface area contributed by atoms with Crippen molar-refractivity contribution < 1.29 is 19.1 Å². The van der Waals surface area contributed by atoms with E-state index in [0.717, 1.165) is 11.3 Å². The summed E-state index contributed by atoms with van der Waals surface area (Å²) in [6, 6.07) is 6.94. The molecule has 2 N–H and O–H groups in total. The van der Waals surface area contributed by atoms with Crippen LogP contribution in [0, 0.1) is 5.92 Å². The first kappa shape index (κ1) is 20.9. The van der Waals surface area contributed by atoms with Gasteiger partial charge in [-0.25, -0.2) is 4.98 Å². The molecule has 0 saturated carbocycles. The summed E-state index contributed by atoms with van der Waals surface area (Å²) in [6.07, 6.45) is 4.51. The molecule has 2 aliphatic heterocycles. The minimum Gasteiger partial charge on any atom is -0.497 e. The first-order valence-corrected chi connectivity index (χ1v) is 10.4. The molecule has 0 aliphatic carbocycles. The van der Waals surface area contributed by atoms with E-state index in [0.29, 0.717) is 31.7 Å². The molecular weight excluding hydrogens is 398 g/mol. The Morgan fingerprint density at radius 1 is 1.29 bits per heavy atom. The van der Waals surface area contributed by atoms with Gasteiger partial charge in [0.15, 0.2) is 0 Å². The number of nitrogens with zero attached hydrogens (tertiary/aromatic N) is 3. The highest BCUT2D eigenvalue weighted by molar-refractivity contribution is 5.88. The van der Waals surface area contributed by atoms with Crippen LogP contribution in [0.3, 0.4) is 0 Å². The van der Waals surface area contributed by atoms with Crippen LogP contribution in [-0.2, 0) is 20.8 Å². The van der Waals surface area contributed by atoms with Crippen molar-refractivity contribution in [3.05, 3.63) is 48.0 Å². The van der Waals surface area contributed by atoms with Crippen LogP contribution < -0.4 is 10.1 Å². The lowest BCUT2D eigenvalue weighted by Gasteiger charge is -2.39. The number of amides is 3. The number of nitrogens with one attached hydrogen (secondary N) is 2. The third kappa shape index (κ3) is 4.26. The molecule has 1 aromatic heterocycles. The average molecular weight is 425 g/mol. The second-order valence-electron chi connectivity index (χ2n) is 8.03. The second kappa shape index (κ2) is 8.79. The van der Waals surface area contributed by atoms with E-state index < -0.39 is 5.92 Å². The van der Waals surface area contributed by atoms with Gasteiger partial charge in [-0.05, 0) is 24.1 Å². The summed E-state index contributed by atoms with van der Waals surface area (Å²) in [5.74, 6) is -0.0130. The van der Waals surface area contributed by atoms with Gasteiger partial charge < -0.3 is 24.8 Å². The van der Waals surface area contributed by atoms with E-state index in [1.165, 1.54) is 6.92 Å². The largest absolute Gasteiger partial charge is 0.497 e. The van der Waals surface area contributed by atoms with Gasteiger partial charge in [0.05, 0.1) is 38.0 Å². The maximum absolute atomic E-state index is 13.2. The van der Waals surface area contributed by atoms with Gasteiger partial charge in [-0.1, -0.05) is 12.1 Å². The minimum atomic E-state index is -0.393. The Bertz CT molecular complexity index is 943. The maximum atomic E-state index is 13.2. The fraction of sp³-hybridized carbons (Fsp3) is 0.455. The molecule has 4 rings (SSSR count). The Morgan fingerprint density at radius 2 is 2.06 bits per heavy atom. The van der Waals surface area contributed by atoms with E-state index in [4.69, 9.17) is 4.74 Å². The molecule has 2 aliphatic rings. The van der Waals surface area contributed by atoms with Crippen molar-refractivity contribution in [2.45, 2.75) is 31.8 Å². The molecule has 3 amide bonds. The van der Waals surface area contributed by atoms with Crippen molar-refractivity contribution >= 4 is 17.7 Å². The molecule has 0 radical (unpaired) electrons.